The number of hydrogen-bond donors (Lipinski definition) is 2. The minimum Gasteiger partial charge on any atom is -0.361 e. The summed E-state index contributed by atoms with van der Waals surface area (Å²) in [7, 11) is -3.61. The molecule has 2 aromatic rings. The van der Waals surface area contributed by atoms with E-state index in [1.165, 1.54) is 12.1 Å². The van der Waals surface area contributed by atoms with Crippen LogP contribution >= 0.6 is 0 Å². The van der Waals surface area contributed by atoms with Gasteiger partial charge in [-0.1, -0.05) is 18.1 Å². The van der Waals surface area contributed by atoms with E-state index in [1.54, 1.807) is 33.8 Å². The summed E-state index contributed by atoms with van der Waals surface area (Å²) in [6.07, 6.45) is 0. The van der Waals surface area contributed by atoms with E-state index in [9.17, 15) is 13.2 Å². The number of rotatable bonds is 6. The van der Waals surface area contributed by atoms with Crippen molar-refractivity contribution in [1.29, 1.82) is 0 Å². The van der Waals surface area contributed by atoms with Crippen LogP contribution in [0.25, 0.3) is 0 Å². The normalized spacial score (nSPS) is 11.5. The SMILES string of the molecule is CCNS(=O)(=O)c1ccc(C)c(C(=O)NCc2c(C)noc2C)c1. The highest BCUT2D eigenvalue weighted by atomic mass is 32.2. The number of hydrogen-bond acceptors (Lipinski definition) is 5. The van der Waals surface area contributed by atoms with E-state index >= 15 is 0 Å². The summed E-state index contributed by atoms with van der Waals surface area (Å²) < 4.78 is 31.6. The van der Waals surface area contributed by atoms with Gasteiger partial charge in [0.1, 0.15) is 5.76 Å². The maximum Gasteiger partial charge on any atom is 0.251 e. The first kappa shape index (κ1) is 18.2. The number of aryl methyl sites for hydroxylation is 3. The van der Waals surface area contributed by atoms with Crippen LogP contribution < -0.4 is 10.0 Å². The zero-order valence-electron chi connectivity index (χ0n) is 14.1. The molecule has 0 unspecified atom stereocenters. The number of aromatic nitrogens is 1. The summed E-state index contributed by atoms with van der Waals surface area (Å²) in [6.45, 7) is 7.58. The Morgan fingerprint density at radius 2 is 1.96 bits per heavy atom. The highest BCUT2D eigenvalue weighted by molar-refractivity contribution is 7.89. The van der Waals surface area contributed by atoms with Gasteiger partial charge >= 0.3 is 0 Å². The van der Waals surface area contributed by atoms with Crippen molar-refractivity contribution in [2.45, 2.75) is 39.1 Å². The molecule has 8 heteroatoms. The molecule has 1 amide bonds. The van der Waals surface area contributed by atoms with Crippen LogP contribution in [0.15, 0.2) is 27.6 Å². The maximum atomic E-state index is 12.4. The highest BCUT2D eigenvalue weighted by Gasteiger charge is 2.18. The topological polar surface area (TPSA) is 101 Å². The van der Waals surface area contributed by atoms with Crippen LogP contribution in [0.3, 0.4) is 0 Å². The molecule has 0 radical (unpaired) electrons. The molecule has 0 aliphatic rings. The Balaban J connectivity index is 2.23. The summed E-state index contributed by atoms with van der Waals surface area (Å²) in [5.74, 6) is 0.300. The van der Waals surface area contributed by atoms with E-state index in [0.717, 1.165) is 5.56 Å². The fourth-order valence-electron chi connectivity index (χ4n) is 2.30. The van der Waals surface area contributed by atoms with Gasteiger partial charge in [-0.15, -0.1) is 0 Å². The average Bonchev–Trinajstić information content (AvgIpc) is 2.84. The van der Waals surface area contributed by atoms with E-state index in [2.05, 4.69) is 15.2 Å². The number of benzene rings is 1. The van der Waals surface area contributed by atoms with Gasteiger partial charge in [0, 0.05) is 24.2 Å². The fourth-order valence-corrected chi connectivity index (χ4v) is 3.37. The van der Waals surface area contributed by atoms with E-state index in [0.29, 0.717) is 22.6 Å². The molecule has 2 N–H and O–H groups in total. The molecule has 7 nitrogen and oxygen atoms in total. The smallest absolute Gasteiger partial charge is 0.251 e. The molecular formula is C16H21N3O4S. The lowest BCUT2D eigenvalue weighted by Gasteiger charge is -2.10. The molecule has 0 fully saturated rings. The Kier molecular flexibility index (Phi) is 5.40. The summed E-state index contributed by atoms with van der Waals surface area (Å²) in [5.41, 5.74) is 2.55. The Morgan fingerprint density at radius 1 is 1.25 bits per heavy atom. The van der Waals surface area contributed by atoms with Crippen LogP contribution in [-0.2, 0) is 16.6 Å². The van der Waals surface area contributed by atoms with Crippen LogP contribution in [-0.4, -0.2) is 26.0 Å². The second kappa shape index (κ2) is 7.14. The van der Waals surface area contributed by atoms with Gasteiger partial charge in [-0.2, -0.15) is 0 Å². The fraction of sp³-hybridized carbons (Fsp3) is 0.375. The maximum absolute atomic E-state index is 12.4. The van der Waals surface area contributed by atoms with Gasteiger partial charge in [-0.05, 0) is 38.5 Å². The molecule has 0 saturated carbocycles. The van der Waals surface area contributed by atoms with Gasteiger partial charge < -0.3 is 9.84 Å². The van der Waals surface area contributed by atoms with Crippen molar-refractivity contribution >= 4 is 15.9 Å². The highest BCUT2D eigenvalue weighted by Crippen LogP contribution is 2.17. The standard InChI is InChI=1S/C16H21N3O4S/c1-5-18-24(21,22)13-7-6-10(2)14(8-13)16(20)17-9-15-11(3)19-23-12(15)4/h6-8,18H,5,9H2,1-4H3,(H,17,20). The first-order chi connectivity index (χ1) is 11.3. The number of carbonyl (C=O) groups is 1. The largest absolute Gasteiger partial charge is 0.361 e. The molecule has 0 bridgehead atoms. The third kappa shape index (κ3) is 3.82. The van der Waals surface area contributed by atoms with Gasteiger partial charge in [0.05, 0.1) is 10.6 Å². The average molecular weight is 351 g/mol. The van der Waals surface area contributed by atoms with Crippen molar-refractivity contribution in [1.82, 2.24) is 15.2 Å². The molecular weight excluding hydrogens is 330 g/mol. The van der Waals surface area contributed by atoms with Crippen molar-refractivity contribution in [3.8, 4) is 0 Å². The Labute approximate surface area is 141 Å². The Morgan fingerprint density at radius 3 is 2.54 bits per heavy atom. The van der Waals surface area contributed by atoms with E-state index in [-0.39, 0.29) is 23.9 Å². The molecule has 0 spiro atoms. The molecule has 0 aliphatic carbocycles. The van der Waals surface area contributed by atoms with Crippen molar-refractivity contribution in [3.05, 3.63) is 46.3 Å². The monoisotopic (exact) mass is 351 g/mol. The molecule has 0 saturated heterocycles. The van der Waals surface area contributed by atoms with Crippen LogP contribution in [0.1, 0.15) is 39.9 Å². The number of amides is 1. The second-order valence-corrected chi connectivity index (χ2v) is 7.23. The van der Waals surface area contributed by atoms with Crippen LogP contribution in [0, 0.1) is 20.8 Å². The van der Waals surface area contributed by atoms with Crippen LogP contribution in [0.4, 0.5) is 0 Å². The third-order valence-electron chi connectivity index (χ3n) is 3.71. The minimum atomic E-state index is -3.61. The quantitative estimate of drug-likeness (QED) is 0.827. The molecule has 0 atom stereocenters. The van der Waals surface area contributed by atoms with Gasteiger partial charge in [0.25, 0.3) is 5.91 Å². The van der Waals surface area contributed by atoms with Crippen molar-refractivity contribution in [2.24, 2.45) is 0 Å². The van der Waals surface area contributed by atoms with Crippen LogP contribution in [0.5, 0.6) is 0 Å². The van der Waals surface area contributed by atoms with Gasteiger partial charge in [-0.3, -0.25) is 4.79 Å². The van der Waals surface area contributed by atoms with Crippen molar-refractivity contribution in [3.63, 3.8) is 0 Å². The summed E-state index contributed by atoms with van der Waals surface area (Å²) in [6, 6.07) is 4.49. The zero-order valence-corrected chi connectivity index (χ0v) is 15.0. The van der Waals surface area contributed by atoms with E-state index in [1.807, 2.05) is 0 Å². The lowest BCUT2D eigenvalue weighted by atomic mass is 10.1. The molecule has 1 heterocycles. The van der Waals surface area contributed by atoms with E-state index < -0.39 is 10.0 Å². The van der Waals surface area contributed by atoms with Crippen molar-refractivity contribution < 1.29 is 17.7 Å². The molecule has 0 aliphatic heterocycles. The lowest BCUT2D eigenvalue weighted by Crippen LogP contribution is -2.26. The van der Waals surface area contributed by atoms with Gasteiger partial charge in [-0.25, -0.2) is 13.1 Å². The zero-order chi connectivity index (χ0) is 17.9. The van der Waals surface area contributed by atoms with Crippen LogP contribution in [0.2, 0.25) is 0 Å². The summed E-state index contributed by atoms with van der Waals surface area (Å²) in [5, 5.41) is 6.62. The molecule has 24 heavy (non-hydrogen) atoms. The molecule has 2 rings (SSSR count). The molecule has 1 aromatic heterocycles. The minimum absolute atomic E-state index is 0.0671. The number of nitrogens with one attached hydrogen (secondary N) is 2. The molecule has 130 valence electrons. The third-order valence-corrected chi connectivity index (χ3v) is 5.25. The Bertz CT molecular complexity index is 837. The Hall–Kier alpha value is -2.19. The van der Waals surface area contributed by atoms with Crippen molar-refractivity contribution in [2.75, 3.05) is 6.54 Å². The number of carbonyl (C=O) groups excluding carboxylic acids is 1. The second-order valence-electron chi connectivity index (χ2n) is 5.46. The summed E-state index contributed by atoms with van der Waals surface area (Å²) >= 11 is 0. The van der Waals surface area contributed by atoms with Gasteiger partial charge in [0.2, 0.25) is 10.0 Å². The predicted molar refractivity (Wildman–Crippen MR) is 89.2 cm³/mol. The van der Waals surface area contributed by atoms with Gasteiger partial charge in [0.15, 0.2) is 0 Å². The first-order valence-electron chi connectivity index (χ1n) is 7.56. The predicted octanol–water partition coefficient (Wildman–Crippen LogP) is 1.83. The first-order valence-corrected chi connectivity index (χ1v) is 9.04. The number of sulfonamides is 1. The van der Waals surface area contributed by atoms with E-state index in [4.69, 9.17) is 4.52 Å². The number of nitrogens with zero attached hydrogens (tertiary/aromatic N) is 1. The lowest BCUT2D eigenvalue weighted by molar-refractivity contribution is 0.0950. The molecule has 1 aromatic carbocycles. The summed E-state index contributed by atoms with van der Waals surface area (Å²) in [4.78, 5) is 12.5.